The van der Waals surface area contributed by atoms with E-state index in [-0.39, 0.29) is 18.9 Å². The van der Waals surface area contributed by atoms with Gasteiger partial charge < -0.3 is 15.5 Å². The molecule has 40 heavy (non-hydrogen) atoms. The Morgan fingerprint density at radius 3 is 2.30 bits per heavy atom. The number of carbonyl (C=O) groups excluding carboxylic acids is 3. The van der Waals surface area contributed by atoms with Gasteiger partial charge in [0.15, 0.2) is 0 Å². The number of carbonyl (C=O) groups is 3. The zero-order valence-electron chi connectivity index (χ0n) is 21.8. The fourth-order valence-corrected chi connectivity index (χ4v) is 5.61. The SMILES string of the molecule is O=C(/C=C/c1ccc(Cl)cc1)N[C@@H](Cc1ccccn1)C(=O)NCC(=O)N1CCC(Sc2ccc(Cl)cc2)CC1. The van der Waals surface area contributed by atoms with E-state index >= 15 is 0 Å². The number of nitrogens with one attached hydrogen (secondary N) is 2. The Morgan fingerprint density at radius 1 is 0.975 bits per heavy atom. The molecule has 1 atom stereocenters. The number of nitrogens with zero attached hydrogens (tertiary/aromatic N) is 2. The Kier molecular flexibility index (Phi) is 11.0. The molecule has 1 fully saturated rings. The molecule has 1 aromatic heterocycles. The van der Waals surface area contributed by atoms with Crippen molar-refractivity contribution in [1.82, 2.24) is 20.5 Å². The van der Waals surface area contributed by atoms with Gasteiger partial charge in [0.05, 0.1) is 6.54 Å². The van der Waals surface area contributed by atoms with Crippen LogP contribution >= 0.6 is 35.0 Å². The fraction of sp³-hybridized carbons (Fsp3) is 0.267. The maximum Gasteiger partial charge on any atom is 0.244 e. The highest BCUT2D eigenvalue weighted by Gasteiger charge is 2.26. The maximum atomic E-state index is 13.1. The minimum absolute atomic E-state index is 0.136. The Balaban J connectivity index is 1.28. The lowest BCUT2D eigenvalue weighted by atomic mass is 10.1. The minimum atomic E-state index is -0.897. The third-order valence-electron chi connectivity index (χ3n) is 6.39. The molecular weight excluding hydrogens is 567 g/mol. The molecule has 0 aliphatic carbocycles. The van der Waals surface area contributed by atoms with Crippen LogP contribution in [0.3, 0.4) is 0 Å². The monoisotopic (exact) mass is 596 g/mol. The third-order valence-corrected chi connectivity index (χ3v) is 8.25. The molecule has 0 bridgehead atoms. The van der Waals surface area contributed by atoms with Crippen LogP contribution in [0.4, 0.5) is 0 Å². The highest BCUT2D eigenvalue weighted by atomic mass is 35.5. The van der Waals surface area contributed by atoms with Crippen LogP contribution < -0.4 is 10.6 Å². The smallest absolute Gasteiger partial charge is 0.244 e. The van der Waals surface area contributed by atoms with Gasteiger partial charge in [0, 0.05) is 57.7 Å². The van der Waals surface area contributed by atoms with E-state index < -0.39 is 17.9 Å². The quantitative estimate of drug-likeness (QED) is 0.320. The number of aromatic nitrogens is 1. The summed E-state index contributed by atoms with van der Waals surface area (Å²) in [7, 11) is 0. The molecular formula is C30H30Cl2N4O3S. The van der Waals surface area contributed by atoms with Crippen molar-refractivity contribution in [3.05, 3.63) is 100 Å². The van der Waals surface area contributed by atoms with Gasteiger partial charge in [-0.2, -0.15) is 0 Å². The Bertz CT molecular complexity index is 1310. The molecule has 7 nitrogen and oxygen atoms in total. The number of hydrogen-bond acceptors (Lipinski definition) is 5. The highest BCUT2D eigenvalue weighted by molar-refractivity contribution is 8.00. The molecule has 10 heteroatoms. The number of benzene rings is 2. The van der Waals surface area contributed by atoms with Crippen molar-refractivity contribution in [3.8, 4) is 0 Å². The molecule has 0 saturated carbocycles. The van der Waals surface area contributed by atoms with Crippen LogP contribution in [0.2, 0.25) is 10.0 Å². The van der Waals surface area contributed by atoms with E-state index in [2.05, 4.69) is 15.6 Å². The van der Waals surface area contributed by atoms with Gasteiger partial charge in [0.1, 0.15) is 6.04 Å². The molecule has 1 aliphatic heterocycles. The highest BCUT2D eigenvalue weighted by Crippen LogP contribution is 2.31. The van der Waals surface area contributed by atoms with Crippen molar-refractivity contribution in [3.63, 3.8) is 0 Å². The molecule has 0 spiro atoms. The summed E-state index contributed by atoms with van der Waals surface area (Å²) in [5.74, 6) is -1.02. The van der Waals surface area contributed by atoms with Gasteiger partial charge in [-0.25, -0.2) is 0 Å². The van der Waals surface area contributed by atoms with Crippen molar-refractivity contribution in [1.29, 1.82) is 0 Å². The first-order valence-corrected chi connectivity index (χ1v) is 14.6. The number of halogens is 2. The zero-order valence-corrected chi connectivity index (χ0v) is 24.1. The van der Waals surface area contributed by atoms with E-state index in [4.69, 9.17) is 23.2 Å². The molecule has 2 N–H and O–H groups in total. The first kappa shape index (κ1) is 29.6. The van der Waals surface area contributed by atoms with Crippen LogP contribution in [0.1, 0.15) is 24.1 Å². The summed E-state index contributed by atoms with van der Waals surface area (Å²) in [5, 5.41) is 7.18. The molecule has 4 rings (SSSR count). The summed E-state index contributed by atoms with van der Waals surface area (Å²) in [6.45, 7) is 1.12. The van der Waals surface area contributed by atoms with Crippen molar-refractivity contribution in [2.45, 2.75) is 35.4 Å². The lowest BCUT2D eigenvalue weighted by molar-refractivity contribution is -0.134. The predicted octanol–water partition coefficient (Wildman–Crippen LogP) is 5.03. The number of piperidine rings is 1. The summed E-state index contributed by atoms with van der Waals surface area (Å²) in [4.78, 5) is 45.8. The standard InChI is InChI=1S/C30H30Cl2N4O3S/c31-22-7-4-21(5-8-22)6-13-28(37)35-27(19-24-3-1-2-16-33-24)30(39)34-20-29(38)36-17-14-26(15-18-36)40-25-11-9-23(32)10-12-25/h1-13,16,26-27H,14-15,17-20H2,(H,34,39)(H,35,37)/b13-6+/t27-/m0/s1. The van der Waals surface area contributed by atoms with Crippen molar-refractivity contribution in [2.24, 2.45) is 0 Å². The first-order chi connectivity index (χ1) is 19.4. The van der Waals surface area contributed by atoms with E-state index in [1.54, 1.807) is 65.3 Å². The average Bonchev–Trinajstić information content (AvgIpc) is 2.97. The second-order valence-corrected chi connectivity index (χ2v) is 11.6. The summed E-state index contributed by atoms with van der Waals surface area (Å²) >= 11 is 13.7. The average molecular weight is 598 g/mol. The fourth-order valence-electron chi connectivity index (χ4n) is 4.23. The Labute approximate surface area is 248 Å². The number of rotatable bonds is 10. The molecule has 1 saturated heterocycles. The lowest BCUT2D eigenvalue weighted by Crippen LogP contribution is -2.51. The molecule has 1 aliphatic rings. The summed E-state index contributed by atoms with van der Waals surface area (Å²) in [5.41, 5.74) is 1.45. The van der Waals surface area contributed by atoms with E-state index in [0.717, 1.165) is 23.3 Å². The van der Waals surface area contributed by atoms with Gasteiger partial charge >= 0.3 is 0 Å². The molecule has 208 valence electrons. The largest absolute Gasteiger partial charge is 0.345 e. The number of hydrogen-bond donors (Lipinski definition) is 2. The van der Waals surface area contributed by atoms with Crippen molar-refractivity contribution >= 4 is 58.8 Å². The number of likely N-dealkylation sites (tertiary alicyclic amines) is 1. The molecule has 0 radical (unpaired) electrons. The van der Waals surface area contributed by atoms with E-state index in [9.17, 15) is 14.4 Å². The van der Waals surface area contributed by atoms with Crippen LogP contribution in [-0.2, 0) is 20.8 Å². The van der Waals surface area contributed by atoms with Gasteiger partial charge in [-0.1, -0.05) is 41.4 Å². The number of amides is 3. The number of thioether (sulfide) groups is 1. The Hall–Kier alpha value is -3.33. The van der Waals surface area contributed by atoms with Crippen molar-refractivity contribution in [2.75, 3.05) is 19.6 Å². The topological polar surface area (TPSA) is 91.4 Å². The lowest BCUT2D eigenvalue weighted by Gasteiger charge is -2.32. The van der Waals surface area contributed by atoms with Crippen LogP contribution in [-0.4, -0.2) is 58.5 Å². The van der Waals surface area contributed by atoms with Crippen LogP contribution in [0.5, 0.6) is 0 Å². The van der Waals surface area contributed by atoms with Gasteiger partial charge in [0.2, 0.25) is 17.7 Å². The zero-order chi connectivity index (χ0) is 28.3. The predicted molar refractivity (Wildman–Crippen MR) is 160 cm³/mol. The molecule has 3 amide bonds. The summed E-state index contributed by atoms with van der Waals surface area (Å²) < 4.78 is 0. The molecule has 2 aromatic carbocycles. The van der Waals surface area contributed by atoms with Crippen LogP contribution in [0.15, 0.2) is 83.9 Å². The minimum Gasteiger partial charge on any atom is -0.345 e. The molecule has 2 heterocycles. The van der Waals surface area contributed by atoms with Crippen LogP contribution in [0, 0.1) is 0 Å². The van der Waals surface area contributed by atoms with Gasteiger partial charge in [-0.15, -0.1) is 11.8 Å². The van der Waals surface area contributed by atoms with E-state index in [1.807, 2.05) is 30.3 Å². The van der Waals surface area contributed by atoms with E-state index in [1.165, 1.54) is 6.08 Å². The second kappa shape index (κ2) is 14.9. The normalized spacial score (nSPS) is 14.6. The molecule has 0 unspecified atom stereocenters. The van der Waals surface area contributed by atoms with E-state index in [0.29, 0.717) is 34.1 Å². The van der Waals surface area contributed by atoms with Crippen molar-refractivity contribution < 1.29 is 14.4 Å². The second-order valence-electron chi connectivity index (χ2n) is 9.34. The van der Waals surface area contributed by atoms with Gasteiger partial charge in [-0.05, 0) is 73.0 Å². The maximum absolute atomic E-state index is 13.1. The van der Waals surface area contributed by atoms with Gasteiger partial charge in [-0.3, -0.25) is 19.4 Å². The third kappa shape index (κ3) is 9.40. The van der Waals surface area contributed by atoms with Gasteiger partial charge in [0.25, 0.3) is 0 Å². The summed E-state index contributed by atoms with van der Waals surface area (Å²) in [6, 6.07) is 19.3. The summed E-state index contributed by atoms with van der Waals surface area (Å²) in [6.07, 6.45) is 6.55. The Morgan fingerprint density at radius 2 is 1.65 bits per heavy atom. The van der Waals surface area contributed by atoms with Crippen LogP contribution in [0.25, 0.3) is 6.08 Å². The molecule has 3 aromatic rings. The number of pyridine rings is 1. The first-order valence-electron chi connectivity index (χ1n) is 13.0.